The second kappa shape index (κ2) is 5.45. The van der Waals surface area contributed by atoms with Gasteiger partial charge < -0.3 is 16.2 Å². The number of sulfone groups is 1. The highest BCUT2D eigenvalue weighted by Crippen LogP contribution is 2.26. The van der Waals surface area contributed by atoms with Crippen LogP contribution in [0.3, 0.4) is 0 Å². The number of carbonyl (C=O) groups excluding carboxylic acids is 1. The number of anilines is 2. The van der Waals surface area contributed by atoms with Gasteiger partial charge in [0.25, 0.3) is 0 Å². The van der Waals surface area contributed by atoms with Crippen molar-refractivity contribution in [3.63, 3.8) is 0 Å². The lowest BCUT2D eigenvalue weighted by Crippen LogP contribution is -2.12. The van der Waals surface area contributed by atoms with E-state index in [9.17, 15) is 13.2 Å². The van der Waals surface area contributed by atoms with Crippen molar-refractivity contribution in [2.75, 3.05) is 18.6 Å². The van der Waals surface area contributed by atoms with E-state index < -0.39 is 15.8 Å². The Labute approximate surface area is 122 Å². The minimum Gasteiger partial charge on any atom is -0.465 e. The quantitative estimate of drug-likeness (QED) is 0.656. The van der Waals surface area contributed by atoms with E-state index in [-0.39, 0.29) is 21.0 Å². The molecule has 0 atom stereocenters. The second-order valence-electron chi connectivity index (χ2n) is 4.32. The number of methoxy groups -OCH3 is 1. The molecule has 2 aromatic rings. The van der Waals surface area contributed by atoms with Crippen molar-refractivity contribution < 1.29 is 17.9 Å². The van der Waals surface area contributed by atoms with Gasteiger partial charge in [0.1, 0.15) is 0 Å². The maximum absolute atomic E-state index is 12.6. The number of rotatable bonds is 3. The predicted molar refractivity (Wildman–Crippen MR) is 78.5 cm³/mol. The van der Waals surface area contributed by atoms with Crippen molar-refractivity contribution in [2.45, 2.75) is 9.79 Å². The van der Waals surface area contributed by atoms with Crippen molar-refractivity contribution in [3.05, 3.63) is 48.0 Å². The summed E-state index contributed by atoms with van der Waals surface area (Å²) in [6, 6.07) is 9.67. The zero-order chi connectivity index (χ0) is 15.6. The molecule has 0 amide bonds. The van der Waals surface area contributed by atoms with Gasteiger partial charge in [-0.25, -0.2) is 13.2 Å². The Kier molecular flexibility index (Phi) is 3.86. The van der Waals surface area contributed by atoms with E-state index in [1.165, 1.54) is 49.6 Å². The molecule has 0 radical (unpaired) electrons. The summed E-state index contributed by atoms with van der Waals surface area (Å²) in [6.07, 6.45) is 0. The summed E-state index contributed by atoms with van der Waals surface area (Å²) < 4.78 is 29.8. The van der Waals surface area contributed by atoms with Crippen molar-refractivity contribution in [1.29, 1.82) is 0 Å². The molecule has 6 nitrogen and oxygen atoms in total. The van der Waals surface area contributed by atoms with Gasteiger partial charge in [0.05, 0.1) is 22.5 Å². The van der Waals surface area contributed by atoms with E-state index in [2.05, 4.69) is 4.74 Å². The fraction of sp³-hybridized carbons (Fsp3) is 0.0714. The first-order valence-corrected chi connectivity index (χ1v) is 7.43. The Balaban J connectivity index is 2.65. The minimum atomic E-state index is -3.87. The zero-order valence-corrected chi connectivity index (χ0v) is 12.1. The predicted octanol–water partition coefficient (Wildman–Crippen LogP) is 1.47. The molecule has 0 unspecified atom stereocenters. The number of carbonyl (C=O) groups is 1. The van der Waals surface area contributed by atoms with Crippen LogP contribution in [0.1, 0.15) is 10.4 Å². The smallest absolute Gasteiger partial charge is 0.339 e. The molecule has 0 aliphatic rings. The summed E-state index contributed by atoms with van der Waals surface area (Å²) >= 11 is 0. The highest BCUT2D eigenvalue weighted by molar-refractivity contribution is 7.91. The molecule has 0 saturated carbocycles. The summed E-state index contributed by atoms with van der Waals surface area (Å²) in [5.74, 6) is -0.767. The monoisotopic (exact) mass is 306 g/mol. The van der Waals surface area contributed by atoms with E-state index in [1.807, 2.05) is 0 Å². The van der Waals surface area contributed by atoms with Gasteiger partial charge in [0.15, 0.2) is 0 Å². The molecule has 0 fully saturated rings. The molecule has 21 heavy (non-hydrogen) atoms. The fourth-order valence-corrected chi connectivity index (χ4v) is 3.25. The maximum atomic E-state index is 12.6. The van der Waals surface area contributed by atoms with Gasteiger partial charge in [-0.3, -0.25) is 0 Å². The Morgan fingerprint density at radius 3 is 2.14 bits per heavy atom. The summed E-state index contributed by atoms with van der Waals surface area (Å²) in [4.78, 5) is 11.6. The van der Waals surface area contributed by atoms with Gasteiger partial charge in [-0.05, 0) is 42.5 Å². The summed E-state index contributed by atoms with van der Waals surface area (Å²) in [6.45, 7) is 0. The van der Waals surface area contributed by atoms with Crippen LogP contribution in [0.15, 0.2) is 52.3 Å². The minimum absolute atomic E-state index is 0.0339. The average Bonchev–Trinajstić information content (AvgIpc) is 2.46. The van der Waals surface area contributed by atoms with Crippen LogP contribution in [-0.2, 0) is 14.6 Å². The van der Waals surface area contributed by atoms with Crippen molar-refractivity contribution in [3.8, 4) is 0 Å². The van der Waals surface area contributed by atoms with Crippen molar-refractivity contribution in [1.82, 2.24) is 0 Å². The Morgan fingerprint density at radius 1 is 1.00 bits per heavy atom. The standard InChI is InChI=1S/C14H14N2O4S/c1-20-14(17)12-8-10(16)4-7-13(12)21(18,19)11-5-2-9(15)3-6-11/h2-8H,15-16H2,1H3. The molecule has 0 aliphatic heterocycles. The van der Waals surface area contributed by atoms with E-state index in [1.54, 1.807) is 0 Å². The van der Waals surface area contributed by atoms with Gasteiger partial charge in [0.2, 0.25) is 9.84 Å². The Bertz CT molecular complexity index is 783. The van der Waals surface area contributed by atoms with E-state index >= 15 is 0 Å². The number of ether oxygens (including phenoxy) is 1. The Morgan fingerprint density at radius 2 is 1.57 bits per heavy atom. The third kappa shape index (κ3) is 2.82. The van der Waals surface area contributed by atoms with Crippen LogP contribution >= 0.6 is 0 Å². The molecule has 0 aromatic heterocycles. The number of benzene rings is 2. The van der Waals surface area contributed by atoms with E-state index in [4.69, 9.17) is 11.5 Å². The van der Waals surface area contributed by atoms with Gasteiger partial charge in [0, 0.05) is 11.4 Å². The molecule has 110 valence electrons. The van der Waals surface area contributed by atoms with E-state index in [0.29, 0.717) is 5.69 Å². The molecule has 2 aromatic carbocycles. The van der Waals surface area contributed by atoms with Crippen LogP contribution in [-0.4, -0.2) is 21.5 Å². The number of nitrogens with two attached hydrogens (primary N) is 2. The largest absolute Gasteiger partial charge is 0.465 e. The first kappa shape index (κ1) is 14.9. The van der Waals surface area contributed by atoms with Gasteiger partial charge >= 0.3 is 5.97 Å². The SMILES string of the molecule is COC(=O)c1cc(N)ccc1S(=O)(=O)c1ccc(N)cc1. The average molecular weight is 306 g/mol. The highest BCUT2D eigenvalue weighted by Gasteiger charge is 2.25. The molecule has 0 spiro atoms. The lowest BCUT2D eigenvalue weighted by molar-refractivity contribution is 0.0596. The summed E-state index contributed by atoms with van der Waals surface area (Å²) in [7, 11) is -2.70. The lowest BCUT2D eigenvalue weighted by Gasteiger charge is -2.10. The third-order valence-corrected chi connectivity index (χ3v) is 4.72. The second-order valence-corrected chi connectivity index (χ2v) is 6.24. The number of hydrogen-bond donors (Lipinski definition) is 2. The van der Waals surface area contributed by atoms with Gasteiger partial charge in [-0.2, -0.15) is 0 Å². The van der Waals surface area contributed by atoms with Crippen molar-refractivity contribution >= 4 is 27.2 Å². The van der Waals surface area contributed by atoms with Crippen LogP contribution in [0, 0.1) is 0 Å². The third-order valence-electron chi connectivity index (χ3n) is 2.89. The molecule has 4 N–H and O–H groups in total. The zero-order valence-electron chi connectivity index (χ0n) is 11.2. The molecule has 7 heteroatoms. The highest BCUT2D eigenvalue weighted by atomic mass is 32.2. The first-order valence-electron chi connectivity index (χ1n) is 5.94. The number of hydrogen-bond acceptors (Lipinski definition) is 6. The van der Waals surface area contributed by atoms with Crippen LogP contribution in [0.2, 0.25) is 0 Å². The Hall–Kier alpha value is -2.54. The van der Waals surface area contributed by atoms with E-state index in [0.717, 1.165) is 0 Å². The lowest BCUT2D eigenvalue weighted by atomic mass is 10.2. The van der Waals surface area contributed by atoms with Crippen molar-refractivity contribution in [2.24, 2.45) is 0 Å². The van der Waals surface area contributed by atoms with Gasteiger partial charge in [-0.15, -0.1) is 0 Å². The normalized spacial score (nSPS) is 11.1. The van der Waals surface area contributed by atoms with Crippen LogP contribution in [0.4, 0.5) is 11.4 Å². The molecule has 0 bridgehead atoms. The molecular formula is C14H14N2O4S. The molecular weight excluding hydrogens is 292 g/mol. The van der Waals surface area contributed by atoms with Crippen LogP contribution < -0.4 is 11.5 Å². The first-order chi connectivity index (χ1) is 9.86. The van der Waals surface area contributed by atoms with Crippen LogP contribution in [0.5, 0.6) is 0 Å². The molecule has 0 heterocycles. The summed E-state index contributed by atoms with van der Waals surface area (Å²) in [5.41, 5.74) is 11.8. The van der Waals surface area contributed by atoms with Gasteiger partial charge in [-0.1, -0.05) is 0 Å². The molecule has 0 saturated heterocycles. The summed E-state index contributed by atoms with van der Waals surface area (Å²) in [5, 5.41) is 0. The fourth-order valence-electron chi connectivity index (χ4n) is 1.83. The number of esters is 1. The molecule has 0 aliphatic carbocycles. The number of nitrogen functional groups attached to an aromatic ring is 2. The maximum Gasteiger partial charge on any atom is 0.339 e. The molecule has 2 rings (SSSR count). The topological polar surface area (TPSA) is 112 Å². The van der Waals surface area contributed by atoms with Crippen LogP contribution in [0.25, 0.3) is 0 Å².